The predicted molar refractivity (Wildman–Crippen MR) is 196 cm³/mol. The van der Waals surface area contributed by atoms with Gasteiger partial charge in [0.15, 0.2) is 6.29 Å². The van der Waals surface area contributed by atoms with Crippen LogP contribution < -0.4 is 10.4 Å². The van der Waals surface area contributed by atoms with Crippen molar-refractivity contribution in [2.45, 2.75) is 63.8 Å². The van der Waals surface area contributed by atoms with Gasteiger partial charge in [0, 0.05) is 27.3 Å². The molecule has 5 aromatic rings. The Morgan fingerprint density at radius 1 is 0.604 bits per heavy atom. The van der Waals surface area contributed by atoms with Crippen molar-refractivity contribution in [1.82, 2.24) is 4.90 Å². The molecule has 6 heteroatoms. The third-order valence-electron chi connectivity index (χ3n) is 9.14. The number of ether oxygens (including phenoxy) is 2. The zero-order valence-electron chi connectivity index (χ0n) is 28.8. The summed E-state index contributed by atoms with van der Waals surface area (Å²) in [7, 11) is 0.382. The van der Waals surface area contributed by atoms with E-state index in [9.17, 15) is 4.39 Å². The lowest BCUT2D eigenvalue weighted by atomic mass is 9.99. The summed E-state index contributed by atoms with van der Waals surface area (Å²) >= 11 is 0. The van der Waals surface area contributed by atoms with Crippen LogP contribution in [0.3, 0.4) is 0 Å². The van der Waals surface area contributed by atoms with Gasteiger partial charge >= 0.3 is 0 Å². The summed E-state index contributed by atoms with van der Waals surface area (Å²) in [6, 6.07) is 48.8. The van der Waals surface area contributed by atoms with E-state index >= 15 is 0 Å². The summed E-state index contributed by atoms with van der Waals surface area (Å²) in [5.41, 5.74) is 3.30. The molecule has 0 spiro atoms. The highest BCUT2D eigenvalue weighted by atomic mass is 28.4. The van der Waals surface area contributed by atoms with Crippen molar-refractivity contribution < 1.29 is 18.3 Å². The van der Waals surface area contributed by atoms with Crippen LogP contribution in [0.1, 0.15) is 50.0 Å². The zero-order valence-corrected chi connectivity index (χ0v) is 29.8. The Bertz CT molecular complexity index is 1560. The van der Waals surface area contributed by atoms with Gasteiger partial charge in [0.05, 0.1) is 12.1 Å². The maximum absolute atomic E-state index is 14.4. The third kappa shape index (κ3) is 8.38. The van der Waals surface area contributed by atoms with E-state index in [1.165, 1.54) is 33.6 Å². The molecule has 4 nitrogen and oxygen atoms in total. The average molecular weight is 662 g/mol. The fourth-order valence-electron chi connectivity index (χ4n) is 6.82. The van der Waals surface area contributed by atoms with Crippen LogP contribution >= 0.6 is 0 Å². The molecule has 0 radical (unpaired) electrons. The molecule has 0 fully saturated rings. The smallest absolute Gasteiger partial charge is 0.261 e. The van der Waals surface area contributed by atoms with Crippen molar-refractivity contribution in [2.24, 2.45) is 0 Å². The molecule has 0 aromatic heterocycles. The lowest BCUT2D eigenvalue weighted by Gasteiger charge is -2.46. The summed E-state index contributed by atoms with van der Waals surface area (Å²) in [6.45, 7) is 8.20. The SMILES string of the molecule is COC(OC)[C@@H](C[C@H](O[Si](c1ccccc1)(c1ccccc1)C(C)(C)C)c1ccc(F)cc1)N(Cc1ccccc1)Cc1ccccc1. The summed E-state index contributed by atoms with van der Waals surface area (Å²) in [6.07, 6.45) is -0.422. The van der Waals surface area contributed by atoms with Crippen LogP contribution in [-0.2, 0) is 27.0 Å². The minimum absolute atomic E-state index is 0.228. The number of nitrogens with zero attached hydrogens (tertiary/aromatic N) is 1. The molecule has 2 atom stereocenters. The molecule has 0 aliphatic rings. The Kier molecular flexibility index (Phi) is 12.1. The quantitative estimate of drug-likeness (QED) is 0.0832. The highest BCUT2D eigenvalue weighted by Gasteiger charge is 2.52. The maximum Gasteiger partial charge on any atom is 0.261 e. The second-order valence-corrected chi connectivity index (χ2v) is 17.6. The van der Waals surface area contributed by atoms with Gasteiger partial charge in [-0.3, -0.25) is 4.90 Å². The Hall–Kier alpha value is -3.91. The monoisotopic (exact) mass is 661 g/mol. The molecule has 0 N–H and O–H groups in total. The number of halogens is 1. The van der Waals surface area contributed by atoms with E-state index < -0.39 is 20.7 Å². The zero-order chi connectivity index (χ0) is 34.0. The van der Waals surface area contributed by atoms with Crippen molar-refractivity contribution in [1.29, 1.82) is 0 Å². The number of hydrogen-bond acceptors (Lipinski definition) is 4. The van der Waals surface area contributed by atoms with Gasteiger partial charge in [-0.1, -0.05) is 154 Å². The molecule has 48 heavy (non-hydrogen) atoms. The van der Waals surface area contributed by atoms with Gasteiger partial charge in [-0.05, 0) is 50.7 Å². The molecule has 250 valence electrons. The topological polar surface area (TPSA) is 30.9 Å². The van der Waals surface area contributed by atoms with Crippen molar-refractivity contribution >= 4 is 18.7 Å². The normalized spacial score (nSPS) is 13.5. The summed E-state index contributed by atoms with van der Waals surface area (Å²) in [5.74, 6) is -0.277. The van der Waals surface area contributed by atoms with Crippen LogP contribution in [-0.4, -0.2) is 39.8 Å². The third-order valence-corrected chi connectivity index (χ3v) is 14.2. The van der Waals surface area contributed by atoms with Crippen LogP contribution in [0.25, 0.3) is 0 Å². The molecule has 5 aromatic carbocycles. The lowest BCUT2D eigenvalue weighted by Crippen LogP contribution is -2.67. The molecule has 0 saturated carbocycles. The Balaban J connectivity index is 1.67. The standard InChI is InChI=1S/C42H48FNO3Si/c1-42(2,3)48(37-22-14-8-15-23-37,38-24-16-9-17-25-38)47-40(35-26-28-36(43)29-27-35)30-39(41(45-4)46-5)44(31-33-18-10-6-11-19-33)32-34-20-12-7-13-21-34/h6-29,39-41H,30-32H2,1-5H3/t39-,40+/m1/s1. The van der Waals surface area contributed by atoms with Crippen molar-refractivity contribution in [3.8, 4) is 0 Å². The van der Waals surface area contributed by atoms with E-state index in [0.29, 0.717) is 19.5 Å². The maximum atomic E-state index is 14.4. The highest BCUT2D eigenvalue weighted by Crippen LogP contribution is 2.42. The van der Waals surface area contributed by atoms with Crippen LogP contribution in [0.5, 0.6) is 0 Å². The van der Waals surface area contributed by atoms with E-state index in [-0.39, 0.29) is 16.9 Å². The van der Waals surface area contributed by atoms with Gasteiger partial charge in [0.2, 0.25) is 0 Å². The van der Waals surface area contributed by atoms with Crippen molar-refractivity contribution in [3.05, 3.63) is 168 Å². The van der Waals surface area contributed by atoms with Gasteiger partial charge in [0.1, 0.15) is 5.82 Å². The molecule has 0 bridgehead atoms. The first kappa shape index (κ1) is 35.4. The predicted octanol–water partition coefficient (Wildman–Crippen LogP) is 8.52. The first-order valence-corrected chi connectivity index (χ1v) is 18.6. The number of rotatable bonds is 15. The summed E-state index contributed by atoms with van der Waals surface area (Å²) in [4.78, 5) is 2.42. The molecular weight excluding hydrogens is 614 g/mol. The van der Waals surface area contributed by atoms with E-state index in [2.05, 4.69) is 135 Å². The molecule has 0 aliphatic carbocycles. The first-order chi connectivity index (χ1) is 23.2. The Morgan fingerprint density at radius 2 is 1.02 bits per heavy atom. The largest absolute Gasteiger partial charge is 0.400 e. The van der Waals surface area contributed by atoms with Crippen LogP contribution in [0.15, 0.2) is 146 Å². The van der Waals surface area contributed by atoms with Gasteiger partial charge in [0.25, 0.3) is 8.32 Å². The van der Waals surface area contributed by atoms with Gasteiger partial charge in [-0.15, -0.1) is 0 Å². The molecule has 5 rings (SSSR count). The lowest BCUT2D eigenvalue weighted by molar-refractivity contribution is -0.156. The number of methoxy groups -OCH3 is 2. The first-order valence-electron chi connectivity index (χ1n) is 16.7. The van der Waals surface area contributed by atoms with E-state index in [1.807, 2.05) is 24.3 Å². The second-order valence-electron chi connectivity index (χ2n) is 13.3. The van der Waals surface area contributed by atoms with Crippen molar-refractivity contribution in [2.75, 3.05) is 14.2 Å². The van der Waals surface area contributed by atoms with E-state index in [0.717, 1.165) is 5.56 Å². The fraction of sp³-hybridized carbons (Fsp3) is 0.286. The average Bonchev–Trinajstić information content (AvgIpc) is 3.11. The number of benzene rings is 5. The molecular formula is C42H48FNO3Si. The molecule has 0 unspecified atom stereocenters. The fourth-order valence-corrected chi connectivity index (χ4v) is 11.5. The summed E-state index contributed by atoms with van der Waals surface area (Å²) < 4.78 is 34.4. The molecule has 0 aliphatic heterocycles. The van der Waals surface area contributed by atoms with Crippen LogP contribution in [0.4, 0.5) is 4.39 Å². The number of hydrogen-bond donors (Lipinski definition) is 0. The minimum atomic E-state index is -3.01. The van der Waals surface area contributed by atoms with E-state index in [4.69, 9.17) is 13.9 Å². The molecule has 0 heterocycles. The minimum Gasteiger partial charge on any atom is -0.400 e. The summed E-state index contributed by atoms with van der Waals surface area (Å²) in [5, 5.41) is 2.12. The van der Waals surface area contributed by atoms with Gasteiger partial charge in [-0.2, -0.15) is 0 Å². The van der Waals surface area contributed by atoms with Gasteiger partial charge < -0.3 is 13.9 Å². The Labute approximate surface area is 287 Å². The van der Waals surface area contributed by atoms with Crippen LogP contribution in [0, 0.1) is 5.82 Å². The molecule has 0 amide bonds. The second kappa shape index (κ2) is 16.5. The van der Waals surface area contributed by atoms with Gasteiger partial charge in [-0.25, -0.2) is 4.39 Å². The van der Waals surface area contributed by atoms with Crippen LogP contribution in [0.2, 0.25) is 5.04 Å². The molecule has 0 saturated heterocycles. The van der Waals surface area contributed by atoms with Crippen molar-refractivity contribution in [3.63, 3.8) is 0 Å². The van der Waals surface area contributed by atoms with E-state index in [1.54, 1.807) is 14.2 Å². The highest BCUT2D eigenvalue weighted by molar-refractivity contribution is 6.99. The Morgan fingerprint density at radius 3 is 1.42 bits per heavy atom.